The molecule has 0 aromatic carbocycles. The highest BCUT2D eigenvalue weighted by atomic mass is 16.5. The van der Waals surface area contributed by atoms with Crippen molar-refractivity contribution in [3.63, 3.8) is 0 Å². The fraction of sp³-hybridized carbons (Fsp3) is 0.800. The maximum Gasteiger partial charge on any atom is 0.313 e. The number of ketones is 1. The lowest BCUT2D eigenvalue weighted by Crippen LogP contribution is -2.44. The number of carboxylic acid groups (broad SMARTS) is 1. The van der Waals surface area contributed by atoms with Gasteiger partial charge in [-0.25, -0.2) is 0 Å². The number of quaternary nitrogens is 1. The minimum Gasteiger partial charge on any atom is -0.481 e. The third-order valence-corrected chi connectivity index (χ3v) is 2.85. The van der Waals surface area contributed by atoms with E-state index in [2.05, 4.69) is 0 Å². The van der Waals surface area contributed by atoms with Gasteiger partial charge in [0.1, 0.15) is 18.7 Å². The molecule has 0 saturated carbocycles. The van der Waals surface area contributed by atoms with E-state index >= 15 is 0 Å². The highest BCUT2D eigenvalue weighted by Gasteiger charge is 2.25. The van der Waals surface area contributed by atoms with Crippen LogP contribution < -0.4 is 0 Å². The lowest BCUT2D eigenvalue weighted by Gasteiger charge is -2.28. The molecule has 0 rings (SSSR count). The van der Waals surface area contributed by atoms with Crippen LogP contribution in [0.3, 0.4) is 0 Å². The molecule has 0 saturated heterocycles. The summed E-state index contributed by atoms with van der Waals surface area (Å²) >= 11 is 0. The number of carboxylic acids is 1. The molecular weight excluding hydrogens is 274 g/mol. The highest BCUT2D eigenvalue weighted by Crippen LogP contribution is 2.08. The molecule has 1 unspecified atom stereocenters. The molecule has 0 spiro atoms. The Balaban J connectivity index is 4.32. The molecule has 1 N–H and O–H groups in total. The van der Waals surface area contributed by atoms with Crippen molar-refractivity contribution in [1.82, 2.24) is 0 Å². The molecule has 0 bridgehead atoms. The largest absolute Gasteiger partial charge is 0.481 e. The van der Waals surface area contributed by atoms with E-state index in [0.29, 0.717) is 17.4 Å². The smallest absolute Gasteiger partial charge is 0.313 e. The lowest BCUT2D eigenvalue weighted by atomic mass is 10.1. The van der Waals surface area contributed by atoms with Gasteiger partial charge in [-0.1, -0.05) is 19.8 Å². The third kappa shape index (κ3) is 12.1. The maximum absolute atomic E-state index is 11.7. The predicted molar refractivity (Wildman–Crippen MR) is 78.8 cm³/mol. The molecular formula is C15H28NO5+. The molecule has 1 atom stereocenters. The third-order valence-electron chi connectivity index (χ3n) is 2.85. The second-order valence-corrected chi connectivity index (χ2v) is 6.36. The van der Waals surface area contributed by atoms with Gasteiger partial charge in [0, 0.05) is 6.42 Å². The van der Waals surface area contributed by atoms with Gasteiger partial charge in [0.05, 0.1) is 27.6 Å². The van der Waals surface area contributed by atoms with E-state index in [0.717, 1.165) is 19.3 Å². The lowest BCUT2D eigenvalue weighted by molar-refractivity contribution is -0.873. The number of rotatable bonds is 11. The van der Waals surface area contributed by atoms with Gasteiger partial charge < -0.3 is 14.3 Å². The van der Waals surface area contributed by atoms with Crippen LogP contribution in [0.4, 0.5) is 0 Å². The molecule has 0 radical (unpaired) electrons. The Morgan fingerprint density at radius 2 is 1.76 bits per heavy atom. The highest BCUT2D eigenvalue weighted by molar-refractivity contribution is 5.95. The summed E-state index contributed by atoms with van der Waals surface area (Å²) in [6.07, 6.45) is 1.91. The zero-order valence-corrected chi connectivity index (χ0v) is 13.6. The van der Waals surface area contributed by atoms with Gasteiger partial charge in [0.2, 0.25) is 0 Å². The van der Waals surface area contributed by atoms with Crippen LogP contribution in [0.2, 0.25) is 0 Å². The summed E-state index contributed by atoms with van der Waals surface area (Å²) < 4.78 is 5.64. The van der Waals surface area contributed by atoms with Crippen molar-refractivity contribution in [2.24, 2.45) is 0 Å². The predicted octanol–water partition coefficient (Wildman–Crippen LogP) is 1.62. The van der Waals surface area contributed by atoms with Crippen molar-refractivity contribution in [3.05, 3.63) is 0 Å². The molecule has 0 aliphatic rings. The van der Waals surface area contributed by atoms with Crippen LogP contribution in [0.5, 0.6) is 0 Å². The van der Waals surface area contributed by atoms with Gasteiger partial charge in [-0.15, -0.1) is 0 Å². The molecule has 0 aliphatic heterocycles. The first-order valence-corrected chi connectivity index (χ1v) is 7.37. The summed E-state index contributed by atoms with van der Waals surface area (Å²) in [5.74, 6) is -1.79. The first kappa shape index (κ1) is 19.6. The van der Waals surface area contributed by atoms with Gasteiger partial charge in [0.15, 0.2) is 6.10 Å². The first-order valence-electron chi connectivity index (χ1n) is 7.37. The fourth-order valence-corrected chi connectivity index (χ4v) is 2.00. The first-order chi connectivity index (χ1) is 9.64. The Morgan fingerprint density at radius 3 is 2.24 bits per heavy atom. The number of unbranched alkanes of at least 4 members (excludes halogenated alkanes) is 2. The van der Waals surface area contributed by atoms with E-state index in [4.69, 9.17) is 9.84 Å². The number of hydrogen-bond acceptors (Lipinski definition) is 4. The zero-order valence-electron chi connectivity index (χ0n) is 13.6. The van der Waals surface area contributed by atoms with Crippen LogP contribution >= 0.6 is 0 Å². The Labute approximate surface area is 126 Å². The van der Waals surface area contributed by atoms with E-state index in [1.807, 2.05) is 28.1 Å². The van der Waals surface area contributed by atoms with E-state index in [9.17, 15) is 14.4 Å². The maximum atomic E-state index is 11.7. The molecule has 0 amide bonds. The van der Waals surface area contributed by atoms with Gasteiger partial charge >= 0.3 is 11.9 Å². The second-order valence-electron chi connectivity index (χ2n) is 6.36. The number of likely N-dealkylation sites (N-methyl/N-ethyl adjacent to an activating group) is 1. The van der Waals surface area contributed by atoms with E-state index in [1.54, 1.807) is 0 Å². The van der Waals surface area contributed by atoms with Crippen LogP contribution in [0, 0.1) is 0 Å². The van der Waals surface area contributed by atoms with Crippen molar-refractivity contribution in [1.29, 1.82) is 0 Å². The molecule has 0 fully saturated rings. The summed E-state index contributed by atoms with van der Waals surface area (Å²) in [6.45, 7) is 2.43. The normalized spacial score (nSPS) is 12.8. The number of hydrogen-bond donors (Lipinski definition) is 1. The Kier molecular flexibility index (Phi) is 8.85. The average molecular weight is 302 g/mol. The minimum atomic E-state index is -1.02. The number of esters is 1. The fourth-order valence-electron chi connectivity index (χ4n) is 2.00. The van der Waals surface area contributed by atoms with E-state index in [-0.39, 0.29) is 18.6 Å². The van der Waals surface area contributed by atoms with E-state index in [1.165, 1.54) is 0 Å². The van der Waals surface area contributed by atoms with Crippen LogP contribution in [0.15, 0.2) is 0 Å². The van der Waals surface area contributed by atoms with Gasteiger partial charge in [-0.3, -0.25) is 14.4 Å². The van der Waals surface area contributed by atoms with Crippen molar-refractivity contribution in [2.75, 3.05) is 27.7 Å². The number of ether oxygens (including phenoxy) is 1. The number of aliphatic carboxylic acids is 1. The summed E-state index contributed by atoms with van der Waals surface area (Å²) in [6, 6.07) is 0. The molecule has 6 heteroatoms. The van der Waals surface area contributed by atoms with Crippen molar-refractivity contribution < 1.29 is 28.7 Å². The topological polar surface area (TPSA) is 80.7 Å². The van der Waals surface area contributed by atoms with Crippen LogP contribution in [0.25, 0.3) is 0 Å². The van der Waals surface area contributed by atoms with Gasteiger partial charge in [-0.2, -0.15) is 0 Å². The van der Waals surface area contributed by atoms with Crippen molar-refractivity contribution >= 4 is 17.7 Å². The monoisotopic (exact) mass is 302 g/mol. The van der Waals surface area contributed by atoms with Gasteiger partial charge in [-0.05, 0) is 6.42 Å². The van der Waals surface area contributed by atoms with Crippen molar-refractivity contribution in [3.8, 4) is 0 Å². The van der Waals surface area contributed by atoms with E-state index < -0.39 is 18.0 Å². The molecule has 0 aromatic rings. The molecule has 122 valence electrons. The minimum absolute atomic E-state index is 0.146. The summed E-state index contributed by atoms with van der Waals surface area (Å²) in [5, 5.41) is 8.85. The zero-order chi connectivity index (χ0) is 16.5. The van der Waals surface area contributed by atoms with Crippen LogP contribution in [-0.2, 0) is 19.1 Å². The SMILES string of the molecule is CCCCCC(=O)CC(=O)OC(CC(=O)O)C[N+](C)(C)C. The number of Topliss-reactive ketones (excluding diaryl/α,β-unsaturated/α-hetero) is 1. The summed E-state index contributed by atoms with van der Waals surface area (Å²) in [4.78, 5) is 34.1. The number of nitrogens with zero attached hydrogens (tertiary/aromatic N) is 1. The second kappa shape index (κ2) is 9.50. The molecule has 21 heavy (non-hydrogen) atoms. The molecule has 6 nitrogen and oxygen atoms in total. The standard InChI is InChI=1S/C15H27NO5/c1-5-6-7-8-12(17)9-15(20)21-13(10-14(18)19)11-16(2,3)4/h13H,5-11H2,1-4H3/p+1. The van der Waals surface area contributed by atoms with Gasteiger partial charge in [0.25, 0.3) is 0 Å². The average Bonchev–Trinajstić information content (AvgIpc) is 2.25. The molecule has 0 aromatic heterocycles. The summed E-state index contributed by atoms with van der Waals surface area (Å²) in [7, 11) is 5.66. The van der Waals surface area contributed by atoms with Crippen LogP contribution in [-0.4, -0.2) is 61.1 Å². The quantitative estimate of drug-likeness (QED) is 0.271. The van der Waals surface area contributed by atoms with Crippen LogP contribution in [0.1, 0.15) is 45.4 Å². The Bertz CT molecular complexity index is 360. The number of carbonyl (C=O) groups is 3. The molecule has 0 aliphatic carbocycles. The summed E-state index contributed by atoms with van der Waals surface area (Å²) in [5.41, 5.74) is 0. The number of carbonyl (C=O) groups excluding carboxylic acids is 2. The Morgan fingerprint density at radius 1 is 1.14 bits per heavy atom. The molecule has 0 heterocycles. The van der Waals surface area contributed by atoms with Crippen molar-refractivity contribution in [2.45, 2.75) is 51.6 Å². The Hall–Kier alpha value is -1.43.